The molecule has 2 rings (SSSR count). The van der Waals surface area contributed by atoms with Gasteiger partial charge in [-0.25, -0.2) is 0 Å². The van der Waals surface area contributed by atoms with Crippen molar-refractivity contribution in [3.63, 3.8) is 0 Å². The summed E-state index contributed by atoms with van der Waals surface area (Å²) in [7, 11) is 1.99. The molecule has 4 heteroatoms. The van der Waals surface area contributed by atoms with E-state index in [4.69, 9.17) is 0 Å². The molecule has 1 aromatic rings. The summed E-state index contributed by atoms with van der Waals surface area (Å²) < 4.78 is 1.91. The van der Waals surface area contributed by atoms with Gasteiger partial charge in [-0.3, -0.25) is 4.68 Å². The summed E-state index contributed by atoms with van der Waals surface area (Å²) in [6.45, 7) is 7.94. The third-order valence-electron chi connectivity index (χ3n) is 4.35. The van der Waals surface area contributed by atoms with Crippen LogP contribution in [0.5, 0.6) is 0 Å². The van der Waals surface area contributed by atoms with E-state index in [1.807, 2.05) is 17.9 Å². The SMILES string of the molecule is CCNC(c1cnnn1C)C1CCC(C)(C)CC1. The lowest BCUT2D eigenvalue weighted by molar-refractivity contribution is 0.159. The quantitative estimate of drug-likeness (QED) is 0.893. The van der Waals surface area contributed by atoms with Crippen molar-refractivity contribution in [1.82, 2.24) is 20.3 Å². The smallest absolute Gasteiger partial charge is 0.0756 e. The highest BCUT2D eigenvalue weighted by Gasteiger charge is 2.32. The molecule has 0 spiro atoms. The van der Waals surface area contributed by atoms with E-state index in [2.05, 4.69) is 36.4 Å². The van der Waals surface area contributed by atoms with E-state index in [-0.39, 0.29) is 0 Å². The minimum Gasteiger partial charge on any atom is -0.309 e. The highest BCUT2D eigenvalue weighted by atomic mass is 15.4. The second-order valence-electron chi connectivity index (χ2n) is 6.32. The van der Waals surface area contributed by atoms with Crippen LogP contribution in [-0.2, 0) is 7.05 Å². The fourth-order valence-corrected chi connectivity index (χ4v) is 3.07. The van der Waals surface area contributed by atoms with E-state index < -0.39 is 0 Å². The monoisotopic (exact) mass is 250 g/mol. The van der Waals surface area contributed by atoms with Crippen LogP contribution in [0.3, 0.4) is 0 Å². The predicted molar refractivity (Wildman–Crippen MR) is 73.2 cm³/mol. The van der Waals surface area contributed by atoms with Crippen molar-refractivity contribution in [3.8, 4) is 0 Å². The molecule has 0 bridgehead atoms. The molecule has 0 aromatic carbocycles. The lowest BCUT2D eigenvalue weighted by Crippen LogP contribution is -2.34. The molecular formula is C14H26N4. The largest absolute Gasteiger partial charge is 0.309 e. The van der Waals surface area contributed by atoms with Gasteiger partial charge in [0, 0.05) is 7.05 Å². The van der Waals surface area contributed by atoms with Crippen LogP contribution in [0.4, 0.5) is 0 Å². The summed E-state index contributed by atoms with van der Waals surface area (Å²) in [5.41, 5.74) is 1.75. The zero-order valence-electron chi connectivity index (χ0n) is 12.1. The number of rotatable bonds is 4. The molecule has 102 valence electrons. The maximum atomic E-state index is 4.07. The number of hydrogen-bond donors (Lipinski definition) is 1. The van der Waals surface area contributed by atoms with Crippen molar-refractivity contribution < 1.29 is 0 Å². The van der Waals surface area contributed by atoms with E-state index in [1.165, 1.54) is 31.4 Å². The number of hydrogen-bond acceptors (Lipinski definition) is 3. The second kappa shape index (κ2) is 5.39. The number of nitrogens with zero attached hydrogens (tertiary/aromatic N) is 3. The molecule has 0 saturated heterocycles. The highest BCUT2D eigenvalue weighted by Crippen LogP contribution is 2.42. The van der Waals surface area contributed by atoms with Crippen LogP contribution in [0.1, 0.15) is 58.2 Å². The lowest BCUT2D eigenvalue weighted by Gasteiger charge is -2.38. The maximum Gasteiger partial charge on any atom is 0.0756 e. The minimum atomic E-state index is 0.408. The van der Waals surface area contributed by atoms with Crippen molar-refractivity contribution in [3.05, 3.63) is 11.9 Å². The van der Waals surface area contributed by atoms with Crippen LogP contribution in [0.25, 0.3) is 0 Å². The minimum absolute atomic E-state index is 0.408. The Kier molecular flexibility index (Phi) is 4.05. The van der Waals surface area contributed by atoms with Crippen LogP contribution in [-0.4, -0.2) is 21.5 Å². The normalized spacial score (nSPS) is 22.0. The van der Waals surface area contributed by atoms with E-state index in [1.54, 1.807) is 0 Å². The van der Waals surface area contributed by atoms with E-state index in [0.29, 0.717) is 11.5 Å². The summed E-state index contributed by atoms with van der Waals surface area (Å²) in [5, 5.41) is 11.7. The Balaban J connectivity index is 2.10. The Morgan fingerprint density at radius 2 is 2.11 bits per heavy atom. The van der Waals surface area contributed by atoms with Gasteiger partial charge in [-0.15, -0.1) is 5.10 Å². The molecule has 0 radical (unpaired) electrons. The van der Waals surface area contributed by atoms with Crippen molar-refractivity contribution in [2.45, 2.75) is 52.5 Å². The summed E-state index contributed by atoms with van der Waals surface area (Å²) in [4.78, 5) is 0. The van der Waals surface area contributed by atoms with Crippen molar-refractivity contribution in [2.24, 2.45) is 18.4 Å². The first kappa shape index (κ1) is 13.5. The van der Waals surface area contributed by atoms with Crippen molar-refractivity contribution >= 4 is 0 Å². The maximum absolute atomic E-state index is 4.07. The van der Waals surface area contributed by atoms with Crippen molar-refractivity contribution in [2.75, 3.05) is 6.54 Å². The lowest BCUT2D eigenvalue weighted by atomic mass is 9.70. The summed E-state index contributed by atoms with van der Waals surface area (Å²) in [6, 6.07) is 0.408. The third kappa shape index (κ3) is 2.91. The Bertz CT molecular complexity index is 373. The molecule has 1 aliphatic rings. The van der Waals surface area contributed by atoms with Gasteiger partial charge in [-0.2, -0.15) is 0 Å². The van der Waals surface area contributed by atoms with Gasteiger partial charge < -0.3 is 5.32 Å². The van der Waals surface area contributed by atoms with Gasteiger partial charge in [-0.1, -0.05) is 26.0 Å². The van der Waals surface area contributed by atoms with Gasteiger partial charge in [0.15, 0.2) is 0 Å². The van der Waals surface area contributed by atoms with Gasteiger partial charge in [0.25, 0.3) is 0 Å². The van der Waals surface area contributed by atoms with Gasteiger partial charge in [0.1, 0.15) is 0 Å². The molecule has 0 amide bonds. The second-order valence-corrected chi connectivity index (χ2v) is 6.32. The predicted octanol–water partition coefficient (Wildman–Crippen LogP) is 2.68. The van der Waals surface area contributed by atoms with Gasteiger partial charge >= 0.3 is 0 Å². The average molecular weight is 250 g/mol. The molecule has 1 aliphatic carbocycles. The molecule has 1 unspecified atom stereocenters. The molecule has 1 aromatic heterocycles. The van der Waals surface area contributed by atoms with E-state index in [9.17, 15) is 0 Å². The Morgan fingerprint density at radius 1 is 1.44 bits per heavy atom. The van der Waals surface area contributed by atoms with Gasteiger partial charge in [0.2, 0.25) is 0 Å². The Hall–Kier alpha value is -0.900. The molecule has 1 atom stereocenters. The van der Waals surface area contributed by atoms with Crippen LogP contribution in [0, 0.1) is 11.3 Å². The summed E-state index contributed by atoms with van der Waals surface area (Å²) >= 11 is 0. The average Bonchev–Trinajstić information content (AvgIpc) is 2.73. The number of nitrogens with one attached hydrogen (secondary N) is 1. The van der Waals surface area contributed by atoms with Gasteiger partial charge in [-0.05, 0) is 43.6 Å². The van der Waals surface area contributed by atoms with Crippen molar-refractivity contribution in [1.29, 1.82) is 0 Å². The Morgan fingerprint density at radius 3 is 2.61 bits per heavy atom. The third-order valence-corrected chi connectivity index (χ3v) is 4.35. The Labute approximate surface area is 110 Å². The zero-order valence-corrected chi connectivity index (χ0v) is 12.1. The topological polar surface area (TPSA) is 42.7 Å². The molecule has 1 N–H and O–H groups in total. The molecule has 0 aliphatic heterocycles. The molecular weight excluding hydrogens is 224 g/mol. The van der Waals surface area contributed by atoms with Crippen LogP contribution < -0.4 is 5.32 Å². The molecule has 1 fully saturated rings. The molecule has 1 saturated carbocycles. The summed E-state index contributed by atoms with van der Waals surface area (Å²) in [6.07, 6.45) is 7.16. The molecule has 1 heterocycles. The first-order valence-electron chi connectivity index (χ1n) is 7.11. The first-order valence-corrected chi connectivity index (χ1v) is 7.11. The fraction of sp³-hybridized carbons (Fsp3) is 0.857. The van der Waals surface area contributed by atoms with Crippen LogP contribution in [0.2, 0.25) is 0 Å². The van der Waals surface area contributed by atoms with Gasteiger partial charge in [0.05, 0.1) is 17.9 Å². The molecule has 4 nitrogen and oxygen atoms in total. The van der Waals surface area contributed by atoms with Crippen LogP contribution in [0.15, 0.2) is 6.20 Å². The van der Waals surface area contributed by atoms with Crippen LogP contribution >= 0.6 is 0 Å². The zero-order chi connectivity index (χ0) is 13.2. The van der Waals surface area contributed by atoms with E-state index in [0.717, 1.165) is 12.5 Å². The fourth-order valence-electron chi connectivity index (χ4n) is 3.07. The number of aryl methyl sites for hydroxylation is 1. The standard InChI is InChI=1S/C14H26N4/c1-5-15-13(12-10-16-17-18(12)4)11-6-8-14(2,3)9-7-11/h10-11,13,15H,5-9H2,1-4H3. The van der Waals surface area contributed by atoms with E-state index >= 15 is 0 Å². The molecule has 18 heavy (non-hydrogen) atoms. The number of aromatic nitrogens is 3. The highest BCUT2D eigenvalue weighted by molar-refractivity contribution is 5.05. The first-order chi connectivity index (χ1) is 8.53. The summed E-state index contributed by atoms with van der Waals surface area (Å²) in [5.74, 6) is 0.718.